The third kappa shape index (κ3) is 2.21. The molecule has 0 spiro atoms. The number of benzene rings is 1. The molecule has 17 heavy (non-hydrogen) atoms. The highest BCUT2D eigenvalue weighted by atomic mass is 79.9. The Balaban J connectivity index is 2.56. The Morgan fingerprint density at radius 1 is 1.18 bits per heavy atom. The first kappa shape index (κ1) is 11.8. The van der Waals surface area contributed by atoms with Gasteiger partial charge in [-0.05, 0) is 34.1 Å². The molecular formula is C11H5BrF2N2O. The number of rotatable bonds is 2. The van der Waals surface area contributed by atoms with E-state index >= 15 is 0 Å². The molecule has 0 fully saturated rings. The van der Waals surface area contributed by atoms with Gasteiger partial charge in [0, 0.05) is 5.56 Å². The Morgan fingerprint density at radius 3 is 2.59 bits per heavy atom. The zero-order valence-corrected chi connectivity index (χ0v) is 9.91. The van der Waals surface area contributed by atoms with E-state index in [0.717, 1.165) is 12.3 Å². The summed E-state index contributed by atoms with van der Waals surface area (Å²) in [6, 6.07) is 3.57. The van der Waals surface area contributed by atoms with Gasteiger partial charge in [-0.2, -0.15) is 10.2 Å². The lowest BCUT2D eigenvalue weighted by Crippen LogP contribution is -2.08. The van der Waals surface area contributed by atoms with E-state index < -0.39 is 23.0 Å². The summed E-state index contributed by atoms with van der Waals surface area (Å²) in [5.74, 6) is -2.60. The molecule has 0 saturated heterocycles. The largest absolute Gasteiger partial charge is 0.288 e. The quantitative estimate of drug-likeness (QED) is 0.632. The summed E-state index contributed by atoms with van der Waals surface area (Å²) in [4.78, 5) is 11.9. The molecule has 2 aromatic rings. The normalized spacial score (nSPS) is 10.3. The fourth-order valence-corrected chi connectivity index (χ4v) is 1.63. The Labute approximate surface area is 104 Å². The van der Waals surface area contributed by atoms with Crippen molar-refractivity contribution < 1.29 is 13.6 Å². The van der Waals surface area contributed by atoms with E-state index in [-0.39, 0.29) is 10.0 Å². The zero-order chi connectivity index (χ0) is 12.4. The summed E-state index contributed by atoms with van der Waals surface area (Å²) in [6.07, 6.45) is 2.43. The Hall–Kier alpha value is -1.69. The molecule has 0 unspecified atom stereocenters. The summed E-state index contributed by atoms with van der Waals surface area (Å²) in [5, 5.41) is 6.97. The molecule has 1 aromatic heterocycles. The van der Waals surface area contributed by atoms with Crippen LogP contribution in [0.1, 0.15) is 15.9 Å². The van der Waals surface area contributed by atoms with Crippen molar-refractivity contribution in [2.24, 2.45) is 0 Å². The molecule has 0 aliphatic heterocycles. The van der Waals surface area contributed by atoms with Gasteiger partial charge in [0.1, 0.15) is 5.82 Å². The van der Waals surface area contributed by atoms with E-state index in [1.165, 1.54) is 18.3 Å². The summed E-state index contributed by atoms with van der Waals surface area (Å²) < 4.78 is 27.1. The van der Waals surface area contributed by atoms with Gasteiger partial charge in [0.25, 0.3) is 0 Å². The molecule has 1 aromatic carbocycles. The number of ketones is 1. The first-order valence-corrected chi connectivity index (χ1v) is 5.35. The van der Waals surface area contributed by atoms with Gasteiger partial charge in [-0.15, -0.1) is 0 Å². The second-order valence-corrected chi connectivity index (χ2v) is 4.03. The Kier molecular flexibility index (Phi) is 3.23. The Bertz CT molecular complexity index is 575. The number of halogens is 3. The van der Waals surface area contributed by atoms with E-state index in [1.807, 2.05) is 0 Å². The number of nitrogens with zero attached hydrogens (tertiary/aromatic N) is 2. The third-order valence-electron chi connectivity index (χ3n) is 2.12. The maximum absolute atomic E-state index is 13.7. The molecule has 0 aliphatic carbocycles. The van der Waals surface area contributed by atoms with Gasteiger partial charge in [0.15, 0.2) is 5.82 Å². The summed E-state index contributed by atoms with van der Waals surface area (Å²) in [6.45, 7) is 0. The van der Waals surface area contributed by atoms with E-state index in [0.29, 0.717) is 0 Å². The molecule has 0 bridgehead atoms. The van der Waals surface area contributed by atoms with Gasteiger partial charge >= 0.3 is 0 Å². The maximum atomic E-state index is 13.7. The minimum Gasteiger partial charge on any atom is -0.288 e. The lowest BCUT2D eigenvalue weighted by Gasteiger charge is -2.05. The van der Waals surface area contributed by atoms with Crippen molar-refractivity contribution in [1.82, 2.24) is 10.2 Å². The van der Waals surface area contributed by atoms with E-state index in [9.17, 15) is 13.6 Å². The average molecular weight is 299 g/mol. The van der Waals surface area contributed by atoms with Crippen LogP contribution in [0.5, 0.6) is 0 Å². The van der Waals surface area contributed by atoms with Crippen LogP contribution in [0.15, 0.2) is 35.1 Å². The highest BCUT2D eigenvalue weighted by Crippen LogP contribution is 2.23. The van der Waals surface area contributed by atoms with Crippen molar-refractivity contribution in [2.75, 3.05) is 0 Å². The molecule has 0 saturated carbocycles. The second kappa shape index (κ2) is 4.67. The van der Waals surface area contributed by atoms with Crippen molar-refractivity contribution >= 4 is 21.7 Å². The predicted octanol–water partition coefficient (Wildman–Crippen LogP) is 2.75. The SMILES string of the molecule is O=C(c1ccnnc1)c1c(F)ccc(Br)c1F. The molecule has 0 N–H and O–H groups in total. The fraction of sp³-hybridized carbons (Fsp3) is 0. The molecule has 3 nitrogen and oxygen atoms in total. The van der Waals surface area contributed by atoms with Gasteiger partial charge in [0.05, 0.1) is 22.4 Å². The van der Waals surface area contributed by atoms with Crippen molar-refractivity contribution in [1.29, 1.82) is 0 Å². The number of aromatic nitrogens is 2. The van der Waals surface area contributed by atoms with Gasteiger partial charge < -0.3 is 0 Å². The average Bonchev–Trinajstić information content (AvgIpc) is 2.35. The molecule has 0 amide bonds. The molecule has 0 atom stereocenters. The first-order valence-electron chi connectivity index (χ1n) is 4.56. The molecule has 0 radical (unpaired) electrons. The predicted molar refractivity (Wildman–Crippen MR) is 59.5 cm³/mol. The molecule has 1 heterocycles. The monoisotopic (exact) mass is 298 g/mol. The summed E-state index contributed by atoms with van der Waals surface area (Å²) in [7, 11) is 0. The van der Waals surface area contributed by atoms with Crippen LogP contribution in [0.2, 0.25) is 0 Å². The standard InChI is InChI=1S/C11H5BrF2N2O/c12-7-1-2-8(13)9(10(7)14)11(17)6-3-4-15-16-5-6/h1-5H. The smallest absolute Gasteiger partial charge is 0.200 e. The van der Waals surface area contributed by atoms with Crippen LogP contribution < -0.4 is 0 Å². The van der Waals surface area contributed by atoms with Crippen LogP contribution in [0, 0.1) is 11.6 Å². The number of hydrogen-bond acceptors (Lipinski definition) is 3. The topological polar surface area (TPSA) is 42.9 Å². The van der Waals surface area contributed by atoms with Crippen molar-refractivity contribution in [3.8, 4) is 0 Å². The first-order chi connectivity index (χ1) is 8.11. The lowest BCUT2D eigenvalue weighted by molar-refractivity contribution is 0.103. The van der Waals surface area contributed by atoms with E-state index in [1.54, 1.807) is 0 Å². The molecule has 0 aliphatic rings. The molecule has 6 heteroatoms. The third-order valence-corrected chi connectivity index (χ3v) is 2.73. The van der Waals surface area contributed by atoms with Crippen LogP contribution in [-0.4, -0.2) is 16.0 Å². The van der Waals surface area contributed by atoms with E-state index in [4.69, 9.17) is 0 Å². The van der Waals surface area contributed by atoms with Gasteiger partial charge in [0.2, 0.25) is 5.78 Å². The second-order valence-electron chi connectivity index (χ2n) is 3.18. The minimum absolute atomic E-state index is 0.0317. The molecular weight excluding hydrogens is 294 g/mol. The maximum Gasteiger partial charge on any atom is 0.200 e. The number of carbonyl (C=O) groups excluding carboxylic acids is 1. The lowest BCUT2D eigenvalue weighted by atomic mass is 10.0. The fourth-order valence-electron chi connectivity index (χ4n) is 1.30. The van der Waals surface area contributed by atoms with Crippen LogP contribution in [-0.2, 0) is 0 Å². The highest BCUT2D eigenvalue weighted by molar-refractivity contribution is 9.10. The van der Waals surface area contributed by atoms with Crippen LogP contribution >= 0.6 is 15.9 Å². The van der Waals surface area contributed by atoms with Crippen LogP contribution in [0.3, 0.4) is 0 Å². The van der Waals surface area contributed by atoms with Crippen molar-refractivity contribution in [2.45, 2.75) is 0 Å². The minimum atomic E-state index is -0.924. The van der Waals surface area contributed by atoms with Gasteiger partial charge in [-0.1, -0.05) is 0 Å². The zero-order valence-electron chi connectivity index (χ0n) is 8.32. The van der Waals surface area contributed by atoms with Gasteiger partial charge in [-0.3, -0.25) is 4.79 Å². The number of carbonyl (C=O) groups is 1. The molecule has 2 rings (SSSR count). The number of hydrogen-bond donors (Lipinski definition) is 0. The van der Waals surface area contributed by atoms with Gasteiger partial charge in [-0.25, -0.2) is 8.78 Å². The van der Waals surface area contributed by atoms with Crippen LogP contribution in [0.4, 0.5) is 8.78 Å². The van der Waals surface area contributed by atoms with Crippen molar-refractivity contribution in [3.05, 3.63) is 57.8 Å². The van der Waals surface area contributed by atoms with Crippen molar-refractivity contribution in [3.63, 3.8) is 0 Å². The molecule has 86 valence electrons. The highest BCUT2D eigenvalue weighted by Gasteiger charge is 2.21. The Morgan fingerprint density at radius 2 is 1.94 bits per heavy atom. The summed E-state index contributed by atoms with van der Waals surface area (Å²) in [5.41, 5.74) is -0.525. The van der Waals surface area contributed by atoms with E-state index in [2.05, 4.69) is 26.1 Å². The van der Waals surface area contributed by atoms with Crippen LogP contribution in [0.25, 0.3) is 0 Å². The summed E-state index contributed by atoms with van der Waals surface area (Å²) >= 11 is 2.90.